The summed E-state index contributed by atoms with van der Waals surface area (Å²) in [5.74, 6) is 0. The quantitative estimate of drug-likeness (QED) is 0.431. The van der Waals surface area contributed by atoms with Crippen LogP contribution < -0.4 is 0 Å². The Balaban J connectivity index is 2.16. The molecule has 0 atom stereocenters. The Morgan fingerprint density at radius 1 is 1.67 bits per heavy atom. The molecule has 3 heteroatoms. The summed E-state index contributed by atoms with van der Waals surface area (Å²) in [4.78, 5) is 0. The van der Waals surface area contributed by atoms with E-state index in [1.807, 2.05) is 0 Å². The number of hydrogen-bond acceptors (Lipinski definition) is 2. The van der Waals surface area contributed by atoms with Gasteiger partial charge in [-0.2, -0.15) is 0 Å². The molecular formula is C3H5FN2. The van der Waals surface area contributed by atoms with Gasteiger partial charge in [0, 0.05) is 19.4 Å². The molecule has 0 amide bonds. The largest absolute Gasteiger partial charge is 0.259 e. The molecule has 0 spiro atoms. The monoisotopic (exact) mass is 88.0 g/mol. The summed E-state index contributed by atoms with van der Waals surface area (Å²) in [6.07, 6.45) is 3.25. The van der Waals surface area contributed by atoms with Gasteiger partial charge in [0.1, 0.15) is 0 Å². The van der Waals surface area contributed by atoms with Crippen molar-refractivity contribution in [3.63, 3.8) is 0 Å². The maximum absolute atomic E-state index is 11.6. The topological polar surface area (TPSA) is 6.25 Å². The lowest BCUT2D eigenvalue weighted by atomic mass is 11.3. The summed E-state index contributed by atoms with van der Waals surface area (Å²) in [6, 6.07) is 0. The van der Waals surface area contributed by atoms with E-state index in [0.717, 1.165) is 0 Å². The highest BCUT2D eigenvalue weighted by Crippen LogP contribution is 2.08. The molecule has 0 aromatic heterocycles. The molecule has 0 fully saturated rings. The van der Waals surface area contributed by atoms with Gasteiger partial charge in [0.25, 0.3) is 0 Å². The minimum absolute atomic E-state index is 0.500. The van der Waals surface area contributed by atoms with Gasteiger partial charge in [-0.3, -0.25) is 5.01 Å². The van der Waals surface area contributed by atoms with Crippen molar-refractivity contribution in [3.8, 4) is 0 Å². The third kappa shape index (κ3) is 0.490. The third-order valence-corrected chi connectivity index (χ3v) is 0.601. The van der Waals surface area contributed by atoms with E-state index in [1.54, 1.807) is 12.4 Å². The predicted molar refractivity (Wildman–Crippen MR) is 19.8 cm³/mol. The lowest BCUT2D eigenvalue weighted by molar-refractivity contribution is -0.0637. The maximum atomic E-state index is 11.6. The van der Waals surface area contributed by atoms with Gasteiger partial charge in [0.05, 0.1) is 0 Å². The molecule has 0 radical (unpaired) electrons. The van der Waals surface area contributed by atoms with Crippen LogP contribution in [0.25, 0.3) is 0 Å². The van der Waals surface area contributed by atoms with E-state index in [1.165, 1.54) is 12.1 Å². The van der Waals surface area contributed by atoms with Gasteiger partial charge in [-0.05, 0) is 0 Å². The molecular weight excluding hydrogens is 83.0 g/mol. The van der Waals surface area contributed by atoms with Crippen LogP contribution in [0.4, 0.5) is 4.48 Å². The highest BCUT2D eigenvalue weighted by Gasteiger charge is 2.08. The van der Waals surface area contributed by atoms with Crippen molar-refractivity contribution in [3.05, 3.63) is 12.4 Å². The Morgan fingerprint density at radius 2 is 2.17 bits per heavy atom. The van der Waals surface area contributed by atoms with Crippen LogP contribution in [-0.2, 0) is 0 Å². The molecule has 0 N–H and O–H groups in total. The van der Waals surface area contributed by atoms with Gasteiger partial charge in [-0.15, -0.1) is 4.48 Å². The fourth-order valence-corrected chi connectivity index (χ4v) is 0.214. The van der Waals surface area contributed by atoms with Crippen molar-refractivity contribution >= 4 is 0 Å². The molecule has 0 bridgehead atoms. The number of rotatable bonds is 1. The Morgan fingerprint density at radius 3 is 2.17 bits per heavy atom. The van der Waals surface area contributed by atoms with E-state index in [2.05, 4.69) is 0 Å². The zero-order valence-corrected chi connectivity index (χ0v) is 3.43. The number of hydrogen-bond donors (Lipinski definition) is 0. The minimum Gasteiger partial charge on any atom is -0.259 e. The smallest absolute Gasteiger partial charge is 0.0416 e. The minimum atomic E-state index is 0.500. The molecule has 0 aliphatic carbocycles. The van der Waals surface area contributed by atoms with Gasteiger partial charge in [0.2, 0.25) is 0 Å². The van der Waals surface area contributed by atoms with Crippen molar-refractivity contribution in [2.45, 2.75) is 0 Å². The summed E-state index contributed by atoms with van der Waals surface area (Å²) >= 11 is 0. The lowest BCUT2D eigenvalue weighted by Gasteiger charge is -2.02. The zero-order chi connectivity index (χ0) is 4.57. The summed E-state index contributed by atoms with van der Waals surface area (Å²) in [5, 5.41) is 1.83. The molecule has 0 aromatic carbocycles. The fraction of sp³-hybridized carbons (Fsp3) is 0.333. The van der Waals surface area contributed by atoms with Gasteiger partial charge < -0.3 is 0 Å². The SMILES string of the molecule is CN(F)N1C=C1. The van der Waals surface area contributed by atoms with Gasteiger partial charge in [-0.25, -0.2) is 0 Å². The molecule has 1 aliphatic rings. The van der Waals surface area contributed by atoms with Crippen LogP contribution in [0.3, 0.4) is 0 Å². The van der Waals surface area contributed by atoms with Crippen molar-refractivity contribution in [1.82, 2.24) is 10.2 Å². The zero-order valence-electron chi connectivity index (χ0n) is 3.43. The van der Waals surface area contributed by atoms with Crippen LogP contribution in [0.2, 0.25) is 0 Å². The van der Waals surface area contributed by atoms with Crippen molar-refractivity contribution in [1.29, 1.82) is 0 Å². The second kappa shape index (κ2) is 0.944. The molecule has 34 valence electrons. The van der Waals surface area contributed by atoms with Crippen LogP contribution in [0, 0.1) is 0 Å². The first-order valence-electron chi connectivity index (χ1n) is 1.67. The first-order chi connectivity index (χ1) is 2.80. The highest BCUT2D eigenvalue weighted by molar-refractivity contribution is 4.96. The van der Waals surface area contributed by atoms with E-state index in [4.69, 9.17) is 0 Å². The normalized spacial score (nSPS) is 16.8. The van der Waals surface area contributed by atoms with Crippen LogP contribution in [0.5, 0.6) is 0 Å². The molecule has 1 aliphatic heterocycles. The number of nitrogens with zero attached hydrogens (tertiary/aromatic N) is 2. The Hall–Kier alpha value is -0.570. The highest BCUT2D eigenvalue weighted by atomic mass is 19.2. The molecule has 0 saturated carbocycles. The molecule has 1 heterocycles. The average Bonchev–Trinajstić information content (AvgIpc) is 2.06. The molecule has 6 heavy (non-hydrogen) atoms. The van der Waals surface area contributed by atoms with E-state index in [0.29, 0.717) is 5.23 Å². The maximum Gasteiger partial charge on any atom is 0.0416 e. The van der Waals surface area contributed by atoms with Crippen LogP contribution >= 0.6 is 0 Å². The van der Waals surface area contributed by atoms with Crippen molar-refractivity contribution in [2.75, 3.05) is 7.05 Å². The summed E-state index contributed by atoms with van der Waals surface area (Å²) < 4.78 is 11.6. The van der Waals surface area contributed by atoms with E-state index in [-0.39, 0.29) is 0 Å². The first-order valence-corrected chi connectivity index (χ1v) is 1.67. The van der Waals surface area contributed by atoms with Crippen molar-refractivity contribution < 1.29 is 4.48 Å². The second-order valence-electron chi connectivity index (χ2n) is 1.12. The fourth-order valence-electron chi connectivity index (χ4n) is 0.214. The number of halogens is 1. The van der Waals surface area contributed by atoms with E-state index in [9.17, 15) is 4.48 Å². The first kappa shape index (κ1) is 3.61. The summed E-state index contributed by atoms with van der Waals surface area (Å²) in [6.45, 7) is 0. The Kier molecular flexibility index (Phi) is 0.569. The van der Waals surface area contributed by atoms with Crippen molar-refractivity contribution in [2.24, 2.45) is 0 Å². The molecule has 1 rings (SSSR count). The van der Waals surface area contributed by atoms with Gasteiger partial charge in [0.15, 0.2) is 0 Å². The Labute approximate surface area is 35.4 Å². The van der Waals surface area contributed by atoms with Crippen LogP contribution in [0.15, 0.2) is 12.4 Å². The lowest BCUT2D eigenvalue weighted by Crippen LogP contribution is -2.12. The average molecular weight is 88.1 g/mol. The van der Waals surface area contributed by atoms with E-state index >= 15 is 0 Å². The van der Waals surface area contributed by atoms with Gasteiger partial charge >= 0.3 is 0 Å². The summed E-state index contributed by atoms with van der Waals surface area (Å²) in [7, 11) is 1.33. The number of hydrazine groups is 1. The van der Waals surface area contributed by atoms with Gasteiger partial charge in [-0.1, -0.05) is 5.23 Å². The molecule has 2 nitrogen and oxygen atoms in total. The third-order valence-electron chi connectivity index (χ3n) is 0.601. The van der Waals surface area contributed by atoms with Crippen LogP contribution in [0.1, 0.15) is 0 Å². The van der Waals surface area contributed by atoms with E-state index < -0.39 is 0 Å². The van der Waals surface area contributed by atoms with Crippen LogP contribution in [-0.4, -0.2) is 17.3 Å². The molecule has 0 aromatic rings. The Bertz CT molecular complexity index is 72.9. The predicted octanol–water partition coefficient (Wildman–Crippen LogP) is 0.505. The molecule has 0 unspecified atom stereocenters. The molecule has 0 saturated heterocycles. The second-order valence-corrected chi connectivity index (χ2v) is 1.12. The summed E-state index contributed by atoms with van der Waals surface area (Å²) in [5.41, 5.74) is 0. The standard InChI is InChI=1S/C3H5FN2/c1-5(4)6-2-3-6/h2-3H,1H3.